The second kappa shape index (κ2) is 5.60. The second-order valence-corrected chi connectivity index (χ2v) is 4.54. The summed E-state index contributed by atoms with van der Waals surface area (Å²) in [6.07, 6.45) is 0.833. The van der Waals surface area contributed by atoms with Crippen LogP contribution in [0.3, 0.4) is 0 Å². The molecule has 0 amide bonds. The molecule has 2 N–H and O–H groups in total. The molecule has 104 valence electrons. The highest BCUT2D eigenvalue weighted by Crippen LogP contribution is 2.34. The maximum absolute atomic E-state index is 13.1. The summed E-state index contributed by atoms with van der Waals surface area (Å²) in [5, 5.41) is 11.4. The molecule has 8 heteroatoms. The van der Waals surface area contributed by atoms with E-state index in [-0.39, 0.29) is 21.6 Å². The first kappa shape index (κ1) is 14.5. The summed E-state index contributed by atoms with van der Waals surface area (Å²) in [5.74, 6) is -2.98. The average molecular weight is 319 g/mol. The van der Waals surface area contributed by atoms with E-state index in [4.69, 9.17) is 28.3 Å². The van der Waals surface area contributed by atoms with Crippen LogP contribution in [0.4, 0.5) is 20.3 Å². The topological polar surface area (TPSA) is 62.2 Å². The van der Waals surface area contributed by atoms with Crippen molar-refractivity contribution in [2.24, 2.45) is 0 Å². The standard InChI is InChI=1S/C12H6Cl2F2N2O2/c13-8-2-5(15)3-9(14)10(8)18-11-7(12(19)20)1-6(16)4-17-11/h1-4H,(H,17,18)(H,19,20). The Morgan fingerprint density at radius 2 is 1.75 bits per heavy atom. The molecule has 4 nitrogen and oxygen atoms in total. The molecule has 0 aliphatic carbocycles. The fourth-order valence-electron chi connectivity index (χ4n) is 1.48. The number of hydrogen-bond donors (Lipinski definition) is 2. The maximum atomic E-state index is 13.1. The van der Waals surface area contributed by atoms with Crippen LogP contribution in [0.1, 0.15) is 10.4 Å². The smallest absolute Gasteiger partial charge is 0.339 e. The molecule has 0 saturated carbocycles. The van der Waals surface area contributed by atoms with Crippen LogP contribution in [0.15, 0.2) is 24.4 Å². The summed E-state index contributed by atoms with van der Waals surface area (Å²) in [6, 6.07) is 2.79. The van der Waals surface area contributed by atoms with Gasteiger partial charge >= 0.3 is 5.97 Å². The van der Waals surface area contributed by atoms with Gasteiger partial charge in [-0.2, -0.15) is 0 Å². The van der Waals surface area contributed by atoms with Crippen molar-refractivity contribution in [1.82, 2.24) is 4.98 Å². The fraction of sp³-hybridized carbons (Fsp3) is 0. The number of carbonyl (C=O) groups is 1. The summed E-state index contributed by atoms with van der Waals surface area (Å²) in [5.41, 5.74) is -0.321. The van der Waals surface area contributed by atoms with Crippen LogP contribution in [0, 0.1) is 11.6 Å². The quantitative estimate of drug-likeness (QED) is 0.894. The number of rotatable bonds is 3. The molecule has 0 atom stereocenters. The lowest BCUT2D eigenvalue weighted by Gasteiger charge is -2.11. The zero-order valence-corrected chi connectivity index (χ0v) is 11.1. The Morgan fingerprint density at radius 1 is 1.15 bits per heavy atom. The molecule has 0 aliphatic heterocycles. The summed E-state index contributed by atoms with van der Waals surface area (Å²) in [7, 11) is 0. The van der Waals surface area contributed by atoms with E-state index < -0.39 is 23.2 Å². The van der Waals surface area contributed by atoms with Crippen LogP contribution in [-0.2, 0) is 0 Å². The molecule has 2 rings (SSSR count). The minimum absolute atomic E-state index is 0.0579. The number of halogens is 4. The molecule has 2 aromatic rings. The summed E-state index contributed by atoms with van der Waals surface area (Å²) in [4.78, 5) is 14.6. The van der Waals surface area contributed by atoms with Gasteiger partial charge in [0.1, 0.15) is 23.0 Å². The molecule has 0 spiro atoms. The first-order chi connectivity index (χ1) is 9.38. The van der Waals surface area contributed by atoms with Gasteiger partial charge in [-0.05, 0) is 18.2 Å². The number of pyridine rings is 1. The first-order valence-electron chi connectivity index (χ1n) is 5.19. The van der Waals surface area contributed by atoms with Gasteiger partial charge in [0.05, 0.1) is 21.9 Å². The van der Waals surface area contributed by atoms with Crippen LogP contribution in [-0.4, -0.2) is 16.1 Å². The van der Waals surface area contributed by atoms with Crippen molar-refractivity contribution in [3.63, 3.8) is 0 Å². The number of aromatic nitrogens is 1. The van der Waals surface area contributed by atoms with E-state index >= 15 is 0 Å². The van der Waals surface area contributed by atoms with E-state index in [0.717, 1.165) is 24.4 Å². The second-order valence-electron chi connectivity index (χ2n) is 3.72. The lowest BCUT2D eigenvalue weighted by Crippen LogP contribution is -2.06. The largest absolute Gasteiger partial charge is 0.478 e. The van der Waals surface area contributed by atoms with Gasteiger partial charge in [-0.15, -0.1) is 0 Å². The Labute approximate surface area is 122 Å². The van der Waals surface area contributed by atoms with E-state index in [1.165, 1.54) is 0 Å². The maximum Gasteiger partial charge on any atom is 0.339 e. The lowest BCUT2D eigenvalue weighted by molar-refractivity contribution is 0.0697. The van der Waals surface area contributed by atoms with Crippen LogP contribution in [0.25, 0.3) is 0 Å². The van der Waals surface area contributed by atoms with Crippen molar-refractivity contribution in [1.29, 1.82) is 0 Å². The predicted molar refractivity (Wildman–Crippen MR) is 70.9 cm³/mol. The monoisotopic (exact) mass is 318 g/mol. The van der Waals surface area contributed by atoms with E-state index in [1.54, 1.807) is 0 Å². The molecular weight excluding hydrogens is 313 g/mol. The zero-order chi connectivity index (χ0) is 14.9. The lowest BCUT2D eigenvalue weighted by atomic mass is 10.2. The van der Waals surface area contributed by atoms with Gasteiger partial charge in [0.15, 0.2) is 0 Å². The molecule has 0 unspecified atom stereocenters. The number of nitrogens with zero attached hydrogens (tertiary/aromatic N) is 1. The van der Waals surface area contributed by atoms with Crippen LogP contribution < -0.4 is 5.32 Å². The average Bonchev–Trinajstić information content (AvgIpc) is 2.34. The van der Waals surface area contributed by atoms with Crippen molar-refractivity contribution >= 4 is 40.7 Å². The number of carboxylic acid groups (broad SMARTS) is 1. The molecule has 0 radical (unpaired) electrons. The minimum Gasteiger partial charge on any atom is -0.478 e. The molecule has 0 aliphatic rings. The molecule has 1 heterocycles. The van der Waals surface area contributed by atoms with Gasteiger partial charge in [0.25, 0.3) is 0 Å². The van der Waals surface area contributed by atoms with Gasteiger partial charge in [0, 0.05) is 0 Å². The van der Waals surface area contributed by atoms with E-state index in [9.17, 15) is 13.6 Å². The Bertz CT molecular complexity index is 672. The third kappa shape index (κ3) is 2.97. The number of carboxylic acids is 1. The third-order valence-corrected chi connectivity index (χ3v) is 2.93. The molecule has 1 aromatic heterocycles. The number of hydrogen-bond acceptors (Lipinski definition) is 3. The molecule has 0 bridgehead atoms. The van der Waals surface area contributed by atoms with Gasteiger partial charge in [-0.3, -0.25) is 0 Å². The van der Waals surface area contributed by atoms with Crippen molar-refractivity contribution in [3.05, 3.63) is 51.6 Å². The molecular formula is C12H6Cl2F2N2O2. The molecule has 1 aromatic carbocycles. The Hall–Kier alpha value is -1.92. The van der Waals surface area contributed by atoms with Gasteiger partial charge in [-0.1, -0.05) is 23.2 Å². The highest BCUT2D eigenvalue weighted by Gasteiger charge is 2.16. The van der Waals surface area contributed by atoms with Crippen LogP contribution in [0.5, 0.6) is 0 Å². The minimum atomic E-state index is -1.38. The predicted octanol–water partition coefficient (Wildman–Crippen LogP) is 4.11. The van der Waals surface area contributed by atoms with Crippen LogP contribution in [0.2, 0.25) is 10.0 Å². The Morgan fingerprint density at radius 3 is 2.30 bits per heavy atom. The van der Waals surface area contributed by atoms with E-state index in [0.29, 0.717) is 0 Å². The third-order valence-electron chi connectivity index (χ3n) is 2.34. The summed E-state index contributed by atoms with van der Waals surface area (Å²) < 4.78 is 26.1. The van der Waals surface area contributed by atoms with Crippen molar-refractivity contribution in [3.8, 4) is 0 Å². The number of aromatic carboxylic acids is 1. The van der Waals surface area contributed by atoms with Gasteiger partial charge in [0.2, 0.25) is 0 Å². The number of anilines is 2. The molecule has 0 saturated heterocycles. The van der Waals surface area contributed by atoms with E-state index in [2.05, 4.69) is 10.3 Å². The van der Waals surface area contributed by atoms with E-state index in [1.807, 2.05) is 0 Å². The highest BCUT2D eigenvalue weighted by atomic mass is 35.5. The fourth-order valence-corrected chi connectivity index (χ4v) is 2.04. The summed E-state index contributed by atoms with van der Waals surface area (Å²) >= 11 is 11.6. The summed E-state index contributed by atoms with van der Waals surface area (Å²) in [6.45, 7) is 0. The van der Waals surface area contributed by atoms with Crippen molar-refractivity contribution in [2.75, 3.05) is 5.32 Å². The zero-order valence-electron chi connectivity index (χ0n) is 9.62. The van der Waals surface area contributed by atoms with Gasteiger partial charge < -0.3 is 10.4 Å². The molecule has 0 fully saturated rings. The van der Waals surface area contributed by atoms with Crippen LogP contribution >= 0.6 is 23.2 Å². The number of nitrogens with one attached hydrogen (secondary N) is 1. The first-order valence-corrected chi connectivity index (χ1v) is 5.94. The molecule has 20 heavy (non-hydrogen) atoms. The normalized spacial score (nSPS) is 10.4. The number of benzene rings is 1. The Balaban J connectivity index is 2.48. The SMILES string of the molecule is O=C(O)c1cc(F)cnc1Nc1c(Cl)cc(F)cc1Cl. The highest BCUT2D eigenvalue weighted by molar-refractivity contribution is 6.39. The van der Waals surface area contributed by atoms with Gasteiger partial charge in [-0.25, -0.2) is 18.6 Å². The van der Waals surface area contributed by atoms with Crippen molar-refractivity contribution < 1.29 is 18.7 Å². The Kier molecular flexibility index (Phi) is 4.06. The van der Waals surface area contributed by atoms with Crippen molar-refractivity contribution in [2.45, 2.75) is 0 Å².